The molecule has 5 heteroatoms. The van der Waals surface area contributed by atoms with E-state index in [1.807, 2.05) is 18.2 Å². The van der Waals surface area contributed by atoms with Gasteiger partial charge in [-0.3, -0.25) is 0 Å². The van der Waals surface area contributed by atoms with E-state index >= 15 is 0 Å². The highest BCUT2D eigenvalue weighted by Gasteiger charge is 2.11. The highest BCUT2D eigenvalue weighted by Crippen LogP contribution is 2.32. The molecule has 0 aliphatic carbocycles. The van der Waals surface area contributed by atoms with Gasteiger partial charge >= 0.3 is 0 Å². The van der Waals surface area contributed by atoms with Crippen LogP contribution in [0.1, 0.15) is 23.3 Å². The first-order valence-electron chi connectivity index (χ1n) is 7.18. The number of benzene rings is 2. The van der Waals surface area contributed by atoms with Crippen molar-refractivity contribution in [1.29, 1.82) is 0 Å². The second kappa shape index (κ2) is 6.66. The summed E-state index contributed by atoms with van der Waals surface area (Å²) in [6.45, 7) is 4.22. The maximum absolute atomic E-state index is 4.48. The highest BCUT2D eigenvalue weighted by molar-refractivity contribution is 7.99. The van der Waals surface area contributed by atoms with Crippen molar-refractivity contribution in [2.75, 3.05) is 5.32 Å². The van der Waals surface area contributed by atoms with Crippen LogP contribution < -0.4 is 5.32 Å². The van der Waals surface area contributed by atoms with Gasteiger partial charge in [0.05, 0.1) is 0 Å². The van der Waals surface area contributed by atoms with E-state index in [0.29, 0.717) is 11.2 Å². The molecule has 22 heavy (non-hydrogen) atoms. The van der Waals surface area contributed by atoms with Crippen LogP contribution in [0.15, 0.2) is 59.8 Å². The zero-order chi connectivity index (χ0) is 15.4. The third-order valence-electron chi connectivity index (χ3n) is 3.33. The summed E-state index contributed by atoms with van der Waals surface area (Å²) in [5.74, 6) is 0.659. The number of rotatable bonds is 5. The molecule has 0 radical (unpaired) electrons. The largest absolute Gasteiger partial charge is 0.325 e. The molecule has 0 fully saturated rings. The Balaban J connectivity index is 1.65. The van der Waals surface area contributed by atoms with Crippen molar-refractivity contribution in [3.05, 3.63) is 65.7 Å². The zero-order valence-corrected chi connectivity index (χ0v) is 13.4. The van der Waals surface area contributed by atoms with Crippen LogP contribution in [0.2, 0.25) is 0 Å². The van der Waals surface area contributed by atoms with Gasteiger partial charge in [-0.1, -0.05) is 59.8 Å². The molecule has 0 bridgehead atoms. The Morgan fingerprint density at radius 1 is 1.05 bits per heavy atom. The molecule has 112 valence electrons. The summed E-state index contributed by atoms with van der Waals surface area (Å²) in [5.41, 5.74) is 3.50. The van der Waals surface area contributed by atoms with Gasteiger partial charge in [-0.05, 0) is 31.5 Å². The predicted molar refractivity (Wildman–Crippen MR) is 91.6 cm³/mol. The van der Waals surface area contributed by atoms with E-state index in [1.165, 1.54) is 11.1 Å². The van der Waals surface area contributed by atoms with Gasteiger partial charge in [0.25, 0.3) is 0 Å². The Bertz CT molecular complexity index is 722. The molecule has 1 aromatic heterocycles. The third kappa shape index (κ3) is 3.68. The van der Waals surface area contributed by atoms with Crippen molar-refractivity contribution in [2.24, 2.45) is 0 Å². The van der Waals surface area contributed by atoms with Crippen LogP contribution in [0, 0.1) is 6.92 Å². The molecule has 0 saturated heterocycles. The normalized spacial score (nSPS) is 12.1. The van der Waals surface area contributed by atoms with Crippen molar-refractivity contribution < 1.29 is 0 Å². The average Bonchev–Trinajstić information content (AvgIpc) is 2.97. The SMILES string of the molecule is Cc1ccc(Nc2nc(SC(C)c3ccccc3)n[nH]2)cc1. The lowest BCUT2D eigenvalue weighted by Gasteiger charge is -2.08. The van der Waals surface area contributed by atoms with Crippen LogP contribution in [-0.2, 0) is 0 Å². The van der Waals surface area contributed by atoms with E-state index in [2.05, 4.69) is 70.7 Å². The number of aromatic nitrogens is 3. The van der Waals surface area contributed by atoms with Crippen LogP contribution in [-0.4, -0.2) is 15.2 Å². The summed E-state index contributed by atoms with van der Waals surface area (Å²) >= 11 is 1.64. The van der Waals surface area contributed by atoms with E-state index in [-0.39, 0.29) is 0 Å². The molecule has 1 atom stereocenters. The van der Waals surface area contributed by atoms with Gasteiger partial charge in [0.15, 0.2) is 0 Å². The van der Waals surface area contributed by atoms with Crippen molar-refractivity contribution in [3.8, 4) is 0 Å². The first kappa shape index (κ1) is 14.7. The summed E-state index contributed by atoms with van der Waals surface area (Å²) in [4.78, 5) is 4.48. The second-order valence-corrected chi connectivity index (χ2v) is 6.44. The Morgan fingerprint density at radius 3 is 2.50 bits per heavy atom. The number of hydrogen-bond acceptors (Lipinski definition) is 4. The van der Waals surface area contributed by atoms with E-state index in [4.69, 9.17) is 0 Å². The van der Waals surface area contributed by atoms with Crippen LogP contribution in [0.3, 0.4) is 0 Å². The number of H-pyrrole nitrogens is 1. The molecule has 0 saturated carbocycles. The molecule has 3 aromatic rings. The minimum atomic E-state index is 0.309. The van der Waals surface area contributed by atoms with E-state index in [9.17, 15) is 0 Å². The maximum atomic E-state index is 4.48. The number of anilines is 2. The molecule has 0 aliphatic rings. The van der Waals surface area contributed by atoms with Gasteiger partial charge in [-0.25, -0.2) is 5.10 Å². The topological polar surface area (TPSA) is 53.6 Å². The lowest BCUT2D eigenvalue weighted by Crippen LogP contribution is -1.92. The van der Waals surface area contributed by atoms with Gasteiger partial charge in [0, 0.05) is 10.9 Å². The van der Waals surface area contributed by atoms with E-state index in [0.717, 1.165) is 10.8 Å². The van der Waals surface area contributed by atoms with Crippen molar-refractivity contribution in [3.63, 3.8) is 0 Å². The molecular weight excluding hydrogens is 292 g/mol. The van der Waals surface area contributed by atoms with Crippen LogP contribution >= 0.6 is 11.8 Å². The molecule has 0 aliphatic heterocycles. The standard InChI is InChI=1S/C17H18N4S/c1-12-8-10-15(11-9-12)18-16-19-17(21-20-16)22-13(2)14-6-4-3-5-7-14/h3-11,13H,1-2H3,(H2,18,19,20,21). The van der Waals surface area contributed by atoms with Crippen LogP contribution in [0.5, 0.6) is 0 Å². The highest BCUT2D eigenvalue weighted by atomic mass is 32.2. The van der Waals surface area contributed by atoms with Crippen LogP contribution in [0.4, 0.5) is 11.6 Å². The fourth-order valence-corrected chi connectivity index (χ4v) is 2.93. The number of aryl methyl sites for hydroxylation is 1. The first-order chi connectivity index (χ1) is 10.7. The first-order valence-corrected chi connectivity index (χ1v) is 8.06. The predicted octanol–water partition coefficient (Wildman–Crippen LogP) is 4.71. The molecule has 1 heterocycles. The molecule has 4 nitrogen and oxygen atoms in total. The molecule has 2 N–H and O–H groups in total. The monoisotopic (exact) mass is 310 g/mol. The lowest BCUT2D eigenvalue weighted by molar-refractivity contribution is 0.960. The fourth-order valence-electron chi connectivity index (χ4n) is 2.08. The Morgan fingerprint density at radius 2 is 1.77 bits per heavy atom. The zero-order valence-electron chi connectivity index (χ0n) is 12.6. The minimum Gasteiger partial charge on any atom is -0.325 e. The minimum absolute atomic E-state index is 0.309. The van der Waals surface area contributed by atoms with E-state index < -0.39 is 0 Å². The number of aromatic amines is 1. The number of nitrogens with zero attached hydrogens (tertiary/aromatic N) is 2. The molecular formula is C17H18N4S. The second-order valence-electron chi connectivity index (χ2n) is 5.13. The van der Waals surface area contributed by atoms with E-state index in [1.54, 1.807) is 11.8 Å². The van der Waals surface area contributed by atoms with Crippen molar-refractivity contribution in [1.82, 2.24) is 15.2 Å². The summed E-state index contributed by atoms with van der Waals surface area (Å²) < 4.78 is 0. The van der Waals surface area contributed by atoms with Crippen molar-refractivity contribution >= 4 is 23.4 Å². The van der Waals surface area contributed by atoms with Gasteiger partial charge < -0.3 is 5.32 Å². The number of hydrogen-bond donors (Lipinski definition) is 2. The van der Waals surface area contributed by atoms with Gasteiger partial charge in [-0.2, -0.15) is 4.98 Å². The van der Waals surface area contributed by atoms with Gasteiger partial charge in [0.1, 0.15) is 0 Å². The maximum Gasteiger partial charge on any atom is 0.223 e. The third-order valence-corrected chi connectivity index (χ3v) is 4.35. The summed E-state index contributed by atoms with van der Waals surface area (Å²) in [6.07, 6.45) is 0. The average molecular weight is 310 g/mol. The fraction of sp³-hybridized carbons (Fsp3) is 0.176. The summed E-state index contributed by atoms with van der Waals surface area (Å²) in [6, 6.07) is 18.5. The van der Waals surface area contributed by atoms with Crippen LogP contribution in [0.25, 0.3) is 0 Å². The summed E-state index contributed by atoms with van der Waals surface area (Å²) in [7, 11) is 0. The number of nitrogens with one attached hydrogen (secondary N) is 2. The Labute approximate surface area is 134 Å². The van der Waals surface area contributed by atoms with Gasteiger partial charge in [-0.15, -0.1) is 5.10 Å². The molecule has 0 amide bonds. The lowest BCUT2D eigenvalue weighted by atomic mass is 10.2. The number of thioether (sulfide) groups is 1. The Hall–Kier alpha value is -2.27. The molecule has 2 aromatic carbocycles. The van der Waals surface area contributed by atoms with Gasteiger partial charge in [0.2, 0.25) is 11.1 Å². The quantitative estimate of drug-likeness (QED) is 0.670. The molecule has 3 rings (SSSR count). The Kier molecular flexibility index (Phi) is 4.44. The molecule has 1 unspecified atom stereocenters. The smallest absolute Gasteiger partial charge is 0.223 e. The van der Waals surface area contributed by atoms with Crippen molar-refractivity contribution in [2.45, 2.75) is 24.3 Å². The molecule has 0 spiro atoms. The summed E-state index contributed by atoms with van der Waals surface area (Å²) in [5, 5.41) is 11.5.